The summed E-state index contributed by atoms with van der Waals surface area (Å²) >= 11 is 3.10. The van der Waals surface area contributed by atoms with Crippen LogP contribution in [0.15, 0.2) is 12.3 Å². The molecule has 0 spiro atoms. The summed E-state index contributed by atoms with van der Waals surface area (Å²) in [5.74, 6) is 0. The van der Waals surface area contributed by atoms with Crippen molar-refractivity contribution >= 4 is 34.4 Å². The zero-order valence-corrected chi connectivity index (χ0v) is 16.0. The van der Waals surface area contributed by atoms with Crippen LogP contribution in [0.5, 0.6) is 0 Å². The van der Waals surface area contributed by atoms with Crippen LogP contribution in [0.1, 0.15) is 47.3 Å². The van der Waals surface area contributed by atoms with Crippen LogP contribution >= 0.6 is 22.7 Å². The van der Waals surface area contributed by atoms with Gasteiger partial charge in [0.1, 0.15) is 10.9 Å². The molecule has 0 saturated carbocycles. The fraction of sp³-hybridized carbons (Fsp3) is 0.471. The molecule has 24 heavy (non-hydrogen) atoms. The highest BCUT2D eigenvalue weighted by molar-refractivity contribution is 7.13. The lowest BCUT2D eigenvalue weighted by Gasteiger charge is -2.15. The summed E-state index contributed by atoms with van der Waals surface area (Å²) in [4.78, 5) is 19.2. The Kier molecular flexibility index (Phi) is 5.97. The molecule has 0 fully saturated rings. The molecule has 2 aromatic rings. The number of aryl methyl sites for hydroxylation is 1. The maximum atomic E-state index is 12.0. The number of aromatic nitrogens is 1. The number of thiazole rings is 1. The largest absolute Gasteiger partial charge is 0.337 e. The Bertz CT molecular complexity index is 749. The van der Waals surface area contributed by atoms with Gasteiger partial charge in [-0.25, -0.2) is 9.78 Å². The molecule has 0 saturated heterocycles. The first kappa shape index (κ1) is 18.4. The van der Waals surface area contributed by atoms with Gasteiger partial charge in [0.15, 0.2) is 0 Å². The zero-order valence-electron chi connectivity index (χ0n) is 14.4. The number of carbonyl (C=O) groups excluding carboxylic acids is 1. The van der Waals surface area contributed by atoms with E-state index >= 15 is 0 Å². The van der Waals surface area contributed by atoms with Crippen molar-refractivity contribution < 1.29 is 4.79 Å². The molecule has 128 valence electrons. The van der Waals surface area contributed by atoms with Gasteiger partial charge < -0.3 is 10.6 Å². The van der Waals surface area contributed by atoms with E-state index in [0.717, 1.165) is 16.3 Å². The molecule has 0 radical (unpaired) electrons. The number of nitrogens with one attached hydrogen (secondary N) is 2. The van der Waals surface area contributed by atoms with Crippen LogP contribution < -0.4 is 10.6 Å². The Morgan fingerprint density at radius 2 is 2.12 bits per heavy atom. The van der Waals surface area contributed by atoms with Gasteiger partial charge in [0, 0.05) is 28.9 Å². The third-order valence-corrected chi connectivity index (χ3v) is 6.06. The smallest absolute Gasteiger partial charge is 0.319 e. The molecular formula is C17H22N4OS2. The van der Waals surface area contributed by atoms with Gasteiger partial charge in [-0.2, -0.15) is 5.26 Å². The quantitative estimate of drug-likeness (QED) is 0.832. The molecule has 2 aromatic heterocycles. The second-order valence-electron chi connectivity index (χ2n) is 6.42. The number of anilines is 1. The number of rotatable bonds is 5. The maximum absolute atomic E-state index is 12.0. The standard InChI is InChI=1S/C17H22N4OS2/c1-5-11-10-20-15(23-11)6-7-19-16(22)21-12-8-14(17(2,3)4)24-13(12)9-18/h8,10H,5-7H2,1-4H3,(H2,19,21,22). The van der Waals surface area contributed by atoms with Crippen LogP contribution in [0.4, 0.5) is 10.5 Å². The number of nitriles is 1. The molecule has 0 aliphatic heterocycles. The van der Waals surface area contributed by atoms with Gasteiger partial charge in [0.05, 0.1) is 10.7 Å². The van der Waals surface area contributed by atoms with Gasteiger partial charge in [0.25, 0.3) is 0 Å². The monoisotopic (exact) mass is 362 g/mol. The summed E-state index contributed by atoms with van der Waals surface area (Å²) in [6.45, 7) is 8.87. The lowest BCUT2D eigenvalue weighted by Crippen LogP contribution is -2.30. The highest BCUT2D eigenvalue weighted by Crippen LogP contribution is 2.34. The molecule has 2 heterocycles. The van der Waals surface area contributed by atoms with E-state index in [-0.39, 0.29) is 11.4 Å². The summed E-state index contributed by atoms with van der Waals surface area (Å²) in [6, 6.07) is 3.74. The highest BCUT2D eigenvalue weighted by Gasteiger charge is 2.20. The van der Waals surface area contributed by atoms with Gasteiger partial charge in [-0.15, -0.1) is 22.7 Å². The van der Waals surface area contributed by atoms with Crippen molar-refractivity contribution in [1.29, 1.82) is 5.26 Å². The van der Waals surface area contributed by atoms with Gasteiger partial charge in [-0.05, 0) is 17.9 Å². The van der Waals surface area contributed by atoms with E-state index in [4.69, 9.17) is 0 Å². The van der Waals surface area contributed by atoms with Crippen LogP contribution in [-0.2, 0) is 18.3 Å². The lowest BCUT2D eigenvalue weighted by molar-refractivity contribution is 0.252. The maximum Gasteiger partial charge on any atom is 0.319 e. The first-order chi connectivity index (χ1) is 11.3. The van der Waals surface area contributed by atoms with Gasteiger partial charge in [-0.3, -0.25) is 0 Å². The number of hydrogen-bond donors (Lipinski definition) is 2. The number of amides is 2. The predicted molar refractivity (Wildman–Crippen MR) is 100.0 cm³/mol. The molecule has 7 heteroatoms. The first-order valence-electron chi connectivity index (χ1n) is 7.86. The number of hydrogen-bond acceptors (Lipinski definition) is 5. The lowest BCUT2D eigenvalue weighted by atomic mass is 9.94. The minimum Gasteiger partial charge on any atom is -0.337 e. The summed E-state index contributed by atoms with van der Waals surface area (Å²) in [5.41, 5.74) is 0.529. The molecule has 5 nitrogen and oxygen atoms in total. The number of carbonyl (C=O) groups is 1. The fourth-order valence-electron chi connectivity index (χ4n) is 2.01. The van der Waals surface area contributed by atoms with E-state index in [9.17, 15) is 10.1 Å². The molecular weight excluding hydrogens is 340 g/mol. The average molecular weight is 363 g/mol. The van der Waals surface area contributed by atoms with E-state index in [0.29, 0.717) is 23.5 Å². The molecule has 0 aromatic carbocycles. The van der Waals surface area contributed by atoms with Crippen LogP contribution in [0.25, 0.3) is 0 Å². The molecule has 2 N–H and O–H groups in total. The number of urea groups is 1. The normalized spacial score (nSPS) is 11.1. The third-order valence-electron chi connectivity index (χ3n) is 3.40. The molecule has 2 rings (SSSR count). The fourth-order valence-corrected chi connectivity index (χ4v) is 3.84. The van der Waals surface area contributed by atoms with E-state index < -0.39 is 0 Å². The van der Waals surface area contributed by atoms with Crippen molar-refractivity contribution in [2.24, 2.45) is 0 Å². The second-order valence-corrected chi connectivity index (χ2v) is 8.67. The highest BCUT2D eigenvalue weighted by atomic mass is 32.1. The Labute approximate surface area is 150 Å². The van der Waals surface area contributed by atoms with Crippen molar-refractivity contribution in [1.82, 2.24) is 10.3 Å². The first-order valence-corrected chi connectivity index (χ1v) is 9.49. The van der Waals surface area contributed by atoms with Crippen molar-refractivity contribution in [3.63, 3.8) is 0 Å². The Morgan fingerprint density at radius 1 is 1.38 bits per heavy atom. The summed E-state index contributed by atoms with van der Waals surface area (Å²) in [5, 5.41) is 15.9. The topological polar surface area (TPSA) is 77.8 Å². The van der Waals surface area contributed by atoms with E-state index in [1.807, 2.05) is 12.3 Å². The van der Waals surface area contributed by atoms with Gasteiger partial charge >= 0.3 is 6.03 Å². The second kappa shape index (κ2) is 7.77. The van der Waals surface area contributed by atoms with Gasteiger partial charge in [-0.1, -0.05) is 27.7 Å². The third kappa shape index (κ3) is 4.79. The van der Waals surface area contributed by atoms with Gasteiger partial charge in [0.2, 0.25) is 0 Å². The van der Waals surface area contributed by atoms with Crippen LogP contribution in [0.3, 0.4) is 0 Å². The van der Waals surface area contributed by atoms with E-state index in [1.165, 1.54) is 16.2 Å². The summed E-state index contributed by atoms with van der Waals surface area (Å²) < 4.78 is 0. The SMILES string of the molecule is CCc1cnc(CCNC(=O)Nc2cc(C(C)(C)C)sc2C#N)s1. The number of thiophene rings is 1. The van der Waals surface area contributed by atoms with Crippen LogP contribution in [0.2, 0.25) is 0 Å². The summed E-state index contributed by atoms with van der Waals surface area (Å²) in [6.07, 6.45) is 3.58. The van der Waals surface area contributed by atoms with Crippen LogP contribution in [0, 0.1) is 11.3 Å². The van der Waals surface area contributed by atoms with E-state index in [1.54, 1.807) is 11.3 Å². The Morgan fingerprint density at radius 3 is 2.71 bits per heavy atom. The predicted octanol–water partition coefficient (Wildman–Crippen LogP) is 4.30. The zero-order chi connectivity index (χ0) is 17.7. The number of nitrogens with zero attached hydrogens (tertiary/aromatic N) is 2. The molecule has 0 aliphatic rings. The molecule has 0 unspecified atom stereocenters. The summed E-state index contributed by atoms with van der Waals surface area (Å²) in [7, 11) is 0. The van der Waals surface area contributed by atoms with Crippen molar-refractivity contribution in [2.75, 3.05) is 11.9 Å². The van der Waals surface area contributed by atoms with E-state index in [2.05, 4.69) is 49.4 Å². The molecule has 2 amide bonds. The average Bonchev–Trinajstić information content (AvgIpc) is 3.13. The minimum absolute atomic E-state index is 0.0471. The molecule has 0 atom stereocenters. The molecule has 0 bridgehead atoms. The minimum atomic E-state index is -0.294. The Balaban J connectivity index is 1.90. The van der Waals surface area contributed by atoms with Crippen molar-refractivity contribution in [2.45, 2.75) is 46.0 Å². The van der Waals surface area contributed by atoms with Crippen LogP contribution in [-0.4, -0.2) is 17.6 Å². The van der Waals surface area contributed by atoms with Crippen molar-refractivity contribution in [3.8, 4) is 6.07 Å². The Hall–Kier alpha value is -1.91. The van der Waals surface area contributed by atoms with Crippen molar-refractivity contribution in [3.05, 3.63) is 31.9 Å². The molecule has 0 aliphatic carbocycles.